The van der Waals surface area contributed by atoms with Gasteiger partial charge in [-0.3, -0.25) is 0 Å². The molecule has 0 atom stereocenters. The highest BCUT2D eigenvalue weighted by Crippen LogP contribution is 2.33. The zero-order chi connectivity index (χ0) is 18.2. The molecule has 0 bridgehead atoms. The number of benzene rings is 2. The molecule has 0 aliphatic heterocycles. The maximum atomic E-state index is 5.17. The van der Waals surface area contributed by atoms with Gasteiger partial charge in [0, 0.05) is 11.1 Å². The zero-order valence-electron chi connectivity index (χ0n) is 16.1. The summed E-state index contributed by atoms with van der Waals surface area (Å²) >= 11 is 0. The van der Waals surface area contributed by atoms with Crippen LogP contribution >= 0.6 is 0 Å². The molecule has 0 amide bonds. The molecule has 2 aromatic carbocycles. The first-order valence-electron chi connectivity index (χ1n) is 10.0. The van der Waals surface area contributed by atoms with Crippen molar-refractivity contribution in [3.8, 4) is 17.6 Å². The third-order valence-corrected chi connectivity index (χ3v) is 5.78. The van der Waals surface area contributed by atoms with Crippen LogP contribution in [0.2, 0.25) is 0 Å². The molecule has 1 aliphatic rings. The molecule has 1 aliphatic carbocycles. The van der Waals surface area contributed by atoms with E-state index in [2.05, 4.69) is 43.0 Å². The molecule has 1 fully saturated rings. The maximum Gasteiger partial charge on any atom is 0.118 e. The average Bonchev–Trinajstić information content (AvgIpc) is 2.72. The highest BCUT2D eigenvalue weighted by molar-refractivity contribution is 5.44. The number of rotatable bonds is 5. The molecule has 0 aromatic heterocycles. The Morgan fingerprint density at radius 3 is 1.88 bits per heavy atom. The third-order valence-electron chi connectivity index (χ3n) is 5.78. The summed E-state index contributed by atoms with van der Waals surface area (Å²) in [6.45, 7) is 2.34. The van der Waals surface area contributed by atoms with Crippen LogP contribution in [0.5, 0.6) is 5.75 Å². The van der Waals surface area contributed by atoms with Gasteiger partial charge in [-0.25, -0.2) is 0 Å². The van der Waals surface area contributed by atoms with Gasteiger partial charge in [0.1, 0.15) is 5.75 Å². The van der Waals surface area contributed by atoms with Gasteiger partial charge >= 0.3 is 0 Å². The minimum absolute atomic E-state index is 0.864. The van der Waals surface area contributed by atoms with Crippen molar-refractivity contribution in [2.24, 2.45) is 11.8 Å². The molecule has 1 heteroatoms. The summed E-state index contributed by atoms with van der Waals surface area (Å²) in [6.07, 6.45) is 9.67. The monoisotopic (exact) mass is 346 g/mol. The van der Waals surface area contributed by atoms with E-state index >= 15 is 0 Å². The lowest BCUT2D eigenvalue weighted by Gasteiger charge is -2.27. The maximum absolute atomic E-state index is 5.17. The standard InChI is InChI=1S/C25H30O/c1-3-20-4-6-21(7-5-20)8-9-22-10-12-23(13-11-22)14-15-24-16-18-25(26-2)19-17-24/h10-13,16-21H,3-9H2,1-2H3/t20-,21-. The van der Waals surface area contributed by atoms with E-state index in [0.717, 1.165) is 28.7 Å². The van der Waals surface area contributed by atoms with E-state index in [4.69, 9.17) is 4.74 Å². The molecule has 0 N–H and O–H groups in total. The summed E-state index contributed by atoms with van der Waals surface area (Å²) in [4.78, 5) is 0. The Kier molecular flexibility index (Phi) is 6.78. The fraction of sp³-hybridized carbons (Fsp3) is 0.440. The second-order valence-electron chi connectivity index (χ2n) is 7.51. The van der Waals surface area contributed by atoms with Crippen LogP contribution in [0.25, 0.3) is 0 Å². The summed E-state index contributed by atoms with van der Waals surface area (Å²) < 4.78 is 5.17. The normalized spacial score (nSPS) is 19.5. The molecular weight excluding hydrogens is 316 g/mol. The van der Waals surface area contributed by atoms with E-state index in [1.807, 2.05) is 24.3 Å². The first kappa shape index (κ1) is 18.6. The van der Waals surface area contributed by atoms with Crippen LogP contribution in [-0.2, 0) is 6.42 Å². The first-order chi connectivity index (χ1) is 12.8. The van der Waals surface area contributed by atoms with E-state index in [0.29, 0.717) is 0 Å². The van der Waals surface area contributed by atoms with Crippen molar-refractivity contribution in [2.75, 3.05) is 7.11 Å². The van der Waals surface area contributed by atoms with E-state index in [1.165, 1.54) is 50.5 Å². The zero-order valence-corrected chi connectivity index (χ0v) is 16.1. The predicted octanol–water partition coefficient (Wildman–Crippen LogP) is 6.24. The fourth-order valence-corrected chi connectivity index (χ4v) is 3.87. The van der Waals surface area contributed by atoms with Crippen molar-refractivity contribution in [1.82, 2.24) is 0 Å². The second kappa shape index (κ2) is 9.48. The summed E-state index contributed by atoms with van der Waals surface area (Å²) in [5.74, 6) is 9.27. The van der Waals surface area contributed by atoms with Gasteiger partial charge in [-0.15, -0.1) is 0 Å². The van der Waals surface area contributed by atoms with Crippen molar-refractivity contribution in [1.29, 1.82) is 0 Å². The lowest BCUT2D eigenvalue weighted by atomic mass is 9.78. The SMILES string of the molecule is CC[C@H]1CC[C@H](CCc2ccc(C#Cc3ccc(OC)cc3)cc2)CC1. The molecule has 0 unspecified atom stereocenters. The van der Waals surface area contributed by atoms with Crippen LogP contribution in [-0.4, -0.2) is 7.11 Å². The van der Waals surface area contributed by atoms with E-state index in [9.17, 15) is 0 Å². The smallest absolute Gasteiger partial charge is 0.118 e. The summed E-state index contributed by atoms with van der Waals surface area (Å²) in [7, 11) is 1.68. The van der Waals surface area contributed by atoms with Gasteiger partial charge in [0.2, 0.25) is 0 Å². The Hall–Kier alpha value is -2.20. The minimum Gasteiger partial charge on any atom is -0.497 e. The van der Waals surface area contributed by atoms with Crippen molar-refractivity contribution in [3.63, 3.8) is 0 Å². The lowest BCUT2D eigenvalue weighted by molar-refractivity contribution is 0.259. The van der Waals surface area contributed by atoms with Crippen LogP contribution in [0.1, 0.15) is 62.1 Å². The molecule has 0 saturated heterocycles. The number of aryl methyl sites for hydroxylation is 1. The third kappa shape index (κ3) is 5.40. The van der Waals surface area contributed by atoms with Crippen molar-refractivity contribution in [2.45, 2.75) is 51.9 Å². The molecule has 0 heterocycles. The molecular formula is C25H30O. The van der Waals surface area contributed by atoms with Gasteiger partial charge < -0.3 is 4.74 Å². The molecule has 136 valence electrons. The van der Waals surface area contributed by atoms with Gasteiger partial charge in [-0.2, -0.15) is 0 Å². The largest absolute Gasteiger partial charge is 0.497 e. The quantitative estimate of drug-likeness (QED) is 0.582. The molecule has 1 saturated carbocycles. The highest BCUT2D eigenvalue weighted by Gasteiger charge is 2.19. The average molecular weight is 347 g/mol. The molecule has 0 spiro atoms. The second-order valence-corrected chi connectivity index (χ2v) is 7.51. The van der Waals surface area contributed by atoms with Gasteiger partial charge in [-0.05, 0) is 66.6 Å². The van der Waals surface area contributed by atoms with Crippen LogP contribution in [0.4, 0.5) is 0 Å². The Balaban J connectivity index is 1.50. The van der Waals surface area contributed by atoms with Gasteiger partial charge in [0.15, 0.2) is 0 Å². The topological polar surface area (TPSA) is 9.23 Å². The number of methoxy groups -OCH3 is 1. The van der Waals surface area contributed by atoms with Crippen LogP contribution < -0.4 is 4.74 Å². The Bertz CT molecular complexity index is 722. The minimum atomic E-state index is 0.864. The van der Waals surface area contributed by atoms with Crippen LogP contribution in [0.15, 0.2) is 48.5 Å². The van der Waals surface area contributed by atoms with Gasteiger partial charge in [-0.1, -0.05) is 63.0 Å². The van der Waals surface area contributed by atoms with Crippen LogP contribution in [0, 0.1) is 23.7 Å². The molecule has 3 rings (SSSR count). The number of ether oxygens (including phenoxy) is 1. The lowest BCUT2D eigenvalue weighted by Crippen LogP contribution is -2.14. The Morgan fingerprint density at radius 2 is 1.35 bits per heavy atom. The summed E-state index contributed by atoms with van der Waals surface area (Å²) in [5.41, 5.74) is 3.53. The Morgan fingerprint density at radius 1 is 0.808 bits per heavy atom. The van der Waals surface area contributed by atoms with E-state index in [1.54, 1.807) is 7.11 Å². The van der Waals surface area contributed by atoms with E-state index in [-0.39, 0.29) is 0 Å². The summed E-state index contributed by atoms with van der Waals surface area (Å²) in [6, 6.07) is 16.7. The molecule has 0 radical (unpaired) electrons. The summed E-state index contributed by atoms with van der Waals surface area (Å²) in [5, 5.41) is 0. The van der Waals surface area contributed by atoms with Crippen molar-refractivity contribution < 1.29 is 4.74 Å². The molecule has 2 aromatic rings. The molecule has 26 heavy (non-hydrogen) atoms. The van der Waals surface area contributed by atoms with Crippen LogP contribution in [0.3, 0.4) is 0 Å². The predicted molar refractivity (Wildman–Crippen MR) is 109 cm³/mol. The van der Waals surface area contributed by atoms with Gasteiger partial charge in [0.25, 0.3) is 0 Å². The van der Waals surface area contributed by atoms with Gasteiger partial charge in [0.05, 0.1) is 7.11 Å². The first-order valence-corrected chi connectivity index (χ1v) is 10.0. The molecule has 1 nitrogen and oxygen atoms in total. The Labute approximate surface area is 158 Å². The highest BCUT2D eigenvalue weighted by atomic mass is 16.5. The van der Waals surface area contributed by atoms with E-state index < -0.39 is 0 Å². The fourth-order valence-electron chi connectivity index (χ4n) is 3.87. The number of hydrogen-bond donors (Lipinski definition) is 0. The number of hydrogen-bond acceptors (Lipinski definition) is 1. The van der Waals surface area contributed by atoms with Crippen molar-refractivity contribution in [3.05, 3.63) is 65.2 Å². The van der Waals surface area contributed by atoms with Crippen molar-refractivity contribution >= 4 is 0 Å².